The molecule has 0 aromatic heterocycles. The van der Waals surface area contributed by atoms with Gasteiger partial charge < -0.3 is 5.32 Å². The first-order valence-electron chi connectivity index (χ1n) is 6.21. The molecule has 0 radical (unpaired) electrons. The number of benzene rings is 1. The molecule has 0 atom stereocenters. The fourth-order valence-electron chi connectivity index (χ4n) is 1.46. The zero-order valence-corrected chi connectivity index (χ0v) is 13.6. The van der Waals surface area contributed by atoms with E-state index < -0.39 is 0 Å². The Bertz CT molecular complexity index is 375. The second-order valence-electron chi connectivity index (χ2n) is 5.31. The molecule has 0 saturated heterocycles. The summed E-state index contributed by atoms with van der Waals surface area (Å²) in [7, 11) is 0. The van der Waals surface area contributed by atoms with Crippen LogP contribution < -0.4 is 5.32 Å². The monoisotopic (exact) mass is 305 g/mol. The van der Waals surface area contributed by atoms with Gasteiger partial charge in [-0.1, -0.05) is 23.2 Å². The lowest BCUT2D eigenvalue weighted by molar-refractivity contribution is 0.421. The Kier molecular flexibility index (Phi) is 6.86. The molecule has 1 nitrogen and oxygen atoms in total. The van der Waals surface area contributed by atoms with E-state index in [-0.39, 0.29) is 5.54 Å². The number of halogens is 2. The molecule has 0 fully saturated rings. The van der Waals surface area contributed by atoms with Gasteiger partial charge in [-0.25, -0.2) is 0 Å². The Labute approximate surface area is 125 Å². The van der Waals surface area contributed by atoms with Gasteiger partial charge in [0.25, 0.3) is 0 Å². The van der Waals surface area contributed by atoms with E-state index in [4.69, 9.17) is 23.2 Å². The van der Waals surface area contributed by atoms with E-state index in [1.165, 1.54) is 12.8 Å². The van der Waals surface area contributed by atoms with Crippen molar-refractivity contribution >= 4 is 35.0 Å². The third kappa shape index (κ3) is 6.89. The maximum atomic E-state index is 6.10. The summed E-state index contributed by atoms with van der Waals surface area (Å²) in [5.41, 5.74) is 0.212. The van der Waals surface area contributed by atoms with Crippen LogP contribution in [-0.2, 0) is 0 Å². The number of thioether (sulfide) groups is 1. The van der Waals surface area contributed by atoms with Gasteiger partial charge in [0.2, 0.25) is 0 Å². The Hall–Kier alpha value is 0.110. The normalized spacial score (nSPS) is 11.8. The summed E-state index contributed by atoms with van der Waals surface area (Å²) in [6, 6.07) is 5.61. The zero-order valence-electron chi connectivity index (χ0n) is 11.2. The van der Waals surface area contributed by atoms with E-state index in [1.54, 1.807) is 11.8 Å². The fraction of sp³-hybridized carbons (Fsp3) is 0.571. The van der Waals surface area contributed by atoms with Crippen LogP contribution in [0, 0.1) is 0 Å². The second-order valence-corrected chi connectivity index (χ2v) is 7.29. The van der Waals surface area contributed by atoms with Crippen molar-refractivity contribution in [3.05, 3.63) is 28.2 Å². The highest BCUT2D eigenvalue weighted by atomic mass is 35.5. The van der Waals surface area contributed by atoms with Crippen LogP contribution in [0.5, 0.6) is 0 Å². The number of hydrogen-bond donors (Lipinski definition) is 1. The molecule has 1 N–H and O–H groups in total. The summed E-state index contributed by atoms with van der Waals surface area (Å²) >= 11 is 13.8. The van der Waals surface area contributed by atoms with Crippen LogP contribution in [0.2, 0.25) is 10.0 Å². The number of hydrogen-bond acceptors (Lipinski definition) is 2. The molecule has 0 unspecified atom stereocenters. The van der Waals surface area contributed by atoms with Crippen molar-refractivity contribution in [2.45, 2.75) is 44.0 Å². The van der Waals surface area contributed by atoms with Gasteiger partial charge >= 0.3 is 0 Å². The third-order valence-electron chi connectivity index (χ3n) is 2.38. The number of nitrogens with one attached hydrogen (secondary N) is 1. The van der Waals surface area contributed by atoms with Crippen LogP contribution in [-0.4, -0.2) is 17.8 Å². The van der Waals surface area contributed by atoms with E-state index in [9.17, 15) is 0 Å². The van der Waals surface area contributed by atoms with Crippen LogP contribution in [0.4, 0.5) is 0 Å². The summed E-state index contributed by atoms with van der Waals surface area (Å²) in [6.45, 7) is 7.63. The first-order chi connectivity index (χ1) is 8.38. The highest BCUT2D eigenvalue weighted by Gasteiger charge is 2.07. The van der Waals surface area contributed by atoms with Gasteiger partial charge in [0.05, 0.1) is 5.02 Å². The van der Waals surface area contributed by atoms with Gasteiger partial charge in [-0.15, -0.1) is 11.8 Å². The van der Waals surface area contributed by atoms with E-state index in [2.05, 4.69) is 26.1 Å². The Balaban J connectivity index is 2.20. The lowest BCUT2D eigenvalue weighted by Gasteiger charge is -2.20. The van der Waals surface area contributed by atoms with Gasteiger partial charge in [-0.3, -0.25) is 0 Å². The molecule has 0 saturated carbocycles. The SMILES string of the molecule is CC(C)(C)NCCCCSc1cc(Cl)ccc1Cl. The van der Waals surface area contributed by atoms with Crippen LogP contribution in [0.15, 0.2) is 23.1 Å². The Morgan fingerprint density at radius 2 is 1.89 bits per heavy atom. The topological polar surface area (TPSA) is 12.0 Å². The van der Waals surface area contributed by atoms with Crippen molar-refractivity contribution in [2.24, 2.45) is 0 Å². The Morgan fingerprint density at radius 3 is 2.56 bits per heavy atom. The molecule has 0 spiro atoms. The van der Waals surface area contributed by atoms with Crippen molar-refractivity contribution in [3.63, 3.8) is 0 Å². The van der Waals surface area contributed by atoms with E-state index in [0.717, 1.165) is 27.2 Å². The average molecular weight is 306 g/mol. The number of unbranched alkanes of at least 4 members (excludes halogenated alkanes) is 1. The smallest absolute Gasteiger partial charge is 0.0542 e. The van der Waals surface area contributed by atoms with Crippen molar-refractivity contribution in [1.29, 1.82) is 0 Å². The van der Waals surface area contributed by atoms with Crippen molar-refractivity contribution in [3.8, 4) is 0 Å². The van der Waals surface area contributed by atoms with Crippen molar-refractivity contribution < 1.29 is 0 Å². The molecular weight excluding hydrogens is 285 g/mol. The first-order valence-corrected chi connectivity index (χ1v) is 7.95. The summed E-state index contributed by atoms with van der Waals surface area (Å²) < 4.78 is 0. The molecule has 0 aliphatic carbocycles. The predicted molar refractivity (Wildman–Crippen MR) is 84.2 cm³/mol. The first kappa shape index (κ1) is 16.2. The van der Waals surface area contributed by atoms with Gasteiger partial charge in [-0.2, -0.15) is 0 Å². The Morgan fingerprint density at radius 1 is 1.17 bits per heavy atom. The minimum Gasteiger partial charge on any atom is -0.312 e. The quantitative estimate of drug-likeness (QED) is 0.569. The van der Waals surface area contributed by atoms with Crippen molar-refractivity contribution in [1.82, 2.24) is 5.32 Å². The summed E-state index contributed by atoms with van der Waals surface area (Å²) in [6.07, 6.45) is 2.36. The predicted octanol–water partition coefficient (Wildman–Crippen LogP) is 5.25. The lowest BCUT2D eigenvalue weighted by atomic mass is 10.1. The molecule has 18 heavy (non-hydrogen) atoms. The summed E-state index contributed by atoms with van der Waals surface area (Å²) in [4.78, 5) is 1.08. The number of rotatable bonds is 6. The average Bonchev–Trinajstić information content (AvgIpc) is 2.26. The van der Waals surface area contributed by atoms with E-state index in [0.29, 0.717) is 0 Å². The fourth-order valence-corrected chi connectivity index (χ4v) is 2.96. The molecule has 102 valence electrons. The molecule has 0 aliphatic heterocycles. The van der Waals surface area contributed by atoms with E-state index in [1.807, 2.05) is 18.2 Å². The lowest BCUT2D eigenvalue weighted by Crippen LogP contribution is -2.36. The molecule has 0 amide bonds. The van der Waals surface area contributed by atoms with Gasteiger partial charge in [-0.05, 0) is 64.1 Å². The highest BCUT2D eigenvalue weighted by Crippen LogP contribution is 2.30. The van der Waals surface area contributed by atoms with Crippen LogP contribution in [0.25, 0.3) is 0 Å². The maximum absolute atomic E-state index is 6.10. The van der Waals surface area contributed by atoms with Gasteiger partial charge in [0.15, 0.2) is 0 Å². The van der Waals surface area contributed by atoms with Crippen LogP contribution >= 0.6 is 35.0 Å². The largest absolute Gasteiger partial charge is 0.312 e. The van der Waals surface area contributed by atoms with Gasteiger partial charge in [0.1, 0.15) is 0 Å². The second kappa shape index (κ2) is 7.64. The molecule has 1 aromatic rings. The van der Waals surface area contributed by atoms with Crippen LogP contribution in [0.1, 0.15) is 33.6 Å². The minimum absolute atomic E-state index is 0.212. The van der Waals surface area contributed by atoms with E-state index >= 15 is 0 Å². The van der Waals surface area contributed by atoms with Crippen molar-refractivity contribution in [2.75, 3.05) is 12.3 Å². The minimum atomic E-state index is 0.212. The molecule has 0 bridgehead atoms. The molecule has 0 heterocycles. The van der Waals surface area contributed by atoms with Gasteiger partial charge in [0, 0.05) is 15.5 Å². The molecule has 1 rings (SSSR count). The third-order valence-corrected chi connectivity index (χ3v) is 4.20. The standard InChI is InChI=1S/C14H21Cl2NS/c1-14(2,3)17-8-4-5-9-18-13-10-11(15)6-7-12(13)16/h6-7,10,17H,4-5,8-9H2,1-3H3. The zero-order chi connectivity index (χ0) is 13.6. The molecular formula is C14H21Cl2NS. The maximum Gasteiger partial charge on any atom is 0.0542 e. The molecule has 1 aromatic carbocycles. The molecule has 4 heteroatoms. The van der Waals surface area contributed by atoms with Crippen LogP contribution in [0.3, 0.4) is 0 Å². The molecule has 0 aliphatic rings. The summed E-state index contributed by atoms with van der Waals surface area (Å²) in [5, 5.41) is 5.02. The summed E-state index contributed by atoms with van der Waals surface area (Å²) in [5.74, 6) is 1.08. The highest BCUT2D eigenvalue weighted by molar-refractivity contribution is 7.99.